The Bertz CT molecular complexity index is 927. The lowest BCUT2D eigenvalue weighted by Gasteiger charge is -2.22. The van der Waals surface area contributed by atoms with Crippen LogP contribution in [-0.4, -0.2) is 29.2 Å². The van der Waals surface area contributed by atoms with Gasteiger partial charge in [-0.1, -0.05) is 31.2 Å². The van der Waals surface area contributed by atoms with Crippen LogP contribution in [0.15, 0.2) is 42.5 Å². The summed E-state index contributed by atoms with van der Waals surface area (Å²) in [6, 6.07) is 8.70. The number of ketones is 1. The van der Waals surface area contributed by atoms with Crippen LogP contribution in [0.1, 0.15) is 35.3 Å². The second-order valence-electron chi connectivity index (χ2n) is 6.54. The molecule has 0 spiro atoms. The molecule has 27 heavy (non-hydrogen) atoms. The highest BCUT2D eigenvalue weighted by Crippen LogP contribution is 2.31. The predicted octanol–water partition coefficient (Wildman–Crippen LogP) is 3.18. The lowest BCUT2D eigenvalue weighted by Crippen LogP contribution is -2.42. The highest BCUT2D eigenvalue weighted by Gasteiger charge is 2.50. The van der Waals surface area contributed by atoms with Crippen molar-refractivity contribution in [2.75, 3.05) is 6.54 Å². The zero-order valence-electron chi connectivity index (χ0n) is 14.9. The van der Waals surface area contributed by atoms with E-state index in [1.807, 2.05) is 6.92 Å². The number of nitrogens with zero attached hydrogens (tertiary/aromatic N) is 1. The fourth-order valence-electron chi connectivity index (χ4n) is 3.06. The number of Topliss-reactive ketones (excluding diaryl/α,β-unsaturated/α-hetero) is 1. The van der Waals surface area contributed by atoms with Gasteiger partial charge < -0.3 is 5.32 Å². The van der Waals surface area contributed by atoms with Crippen LogP contribution in [0.25, 0.3) is 0 Å². The first-order chi connectivity index (χ1) is 12.8. The molecule has 0 aliphatic carbocycles. The number of benzene rings is 2. The third-order valence-electron chi connectivity index (χ3n) is 4.73. The van der Waals surface area contributed by atoms with E-state index in [1.54, 1.807) is 24.3 Å². The molecular weight excluding hydrogens is 354 g/mol. The molecule has 1 N–H and O–H groups in total. The number of carbonyl (C=O) groups excluding carboxylic acids is 3. The summed E-state index contributed by atoms with van der Waals surface area (Å²) >= 11 is 0. The minimum atomic E-state index is -1.78. The van der Waals surface area contributed by atoms with Crippen molar-refractivity contribution < 1.29 is 23.2 Å². The minimum Gasteiger partial charge on any atom is -0.319 e. The van der Waals surface area contributed by atoms with Gasteiger partial charge in [0.2, 0.25) is 0 Å². The molecule has 0 aromatic heterocycles. The normalized spacial score (nSPS) is 19.3. The predicted molar refractivity (Wildman–Crippen MR) is 94.1 cm³/mol. The lowest BCUT2D eigenvalue weighted by molar-refractivity contribution is -0.130. The molecule has 0 radical (unpaired) electrons. The monoisotopic (exact) mass is 372 g/mol. The summed E-state index contributed by atoms with van der Waals surface area (Å²) in [5.74, 6) is -2.79. The van der Waals surface area contributed by atoms with Gasteiger partial charge in [-0.15, -0.1) is 0 Å². The molecule has 3 rings (SSSR count). The second kappa shape index (κ2) is 6.90. The Labute approximate surface area is 155 Å². The first kappa shape index (κ1) is 18.7. The van der Waals surface area contributed by atoms with Gasteiger partial charge in [-0.05, 0) is 37.1 Å². The van der Waals surface area contributed by atoms with Crippen molar-refractivity contribution in [2.24, 2.45) is 0 Å². The van der Waals surface area contributed by atoms with Crippen molar-refractivity contribution >= 4 is 17.7 Å². The van der Waals surface area contributed by atoms with E-state index in [2.05, 4.69) is 5.32 Å². The van der Waals surface area contributed by atoms with Crippen LogP contribution >= 0.6 is 0 Å². The molecule has 1 fully saturated rings. The Morgan fingerprint density at radius 1 is 1.11 bits per heavy atom. The number of hydrogen-bond donors (Lipinski definition) is 1. The lowest BCUT2D eigenvalue weighted by atomic mass is 9.91. The molecule has 3 amide bonds. The van der Waals surface area contributed by atoms with E-state index in [-0.39, 0.29) is 5.56 Å². The quantitative estimate of drug-likeness (QED) is 0.648. The maximum absolute atomic E-state index is 14.1. The molecule has 7 heteroatoms. The van der Waals surface area contributed by atoms with Gasteiger partial charge in [-0.25, -0.2) is 13.6 Å². The summed E-state index contributed by atoms with van der Waals surface area (Å²) in [5.41, 5.74) is -0.660. The number of aryl methyl sites for hydroxylation is 1. The van der Waals surface area contributed by atoms with Crippen molar-refractivity contribution in [1.29, 1.82) is 0 Å². The molecule has 1 atom stereocenters. The van der Waals surface area contributed by atoms with E-state index >= 15 is 0 Å². The fourth-order valence-corrected chi connectivity index (χ4v) is 3.06. The van der Waals surface area contributed by atoms with Crippen molar-refractivity contribution in [3.05, 3.63) is 70.8 Å². The number of halogens is 2. The van der Waals surface area contributed by atoms with Crippen molar-refractivity contribution in [3.63, 3.8) is 0 Å². The molecule has 2 aromatic carbocycles. The van der Waals surface area contributed by atoms with Crippen LogP contribution in [0, 0.1) is 11.6 Å². The molecule has 0 saturated carbocycles. The van der Waals surface area contributed by atoms with Crippen LogP contribution in [0.4, 0.5) is 13.6 Å². The number of imide groups is 1. The van der Waals surface area contributed by atoms with Gasteiger partial charge in [0.15, 0.2) is 5.78 Å². The third-order valence-corrected chi connectivity index (χ3v) is 4.73. The van der Waals surface area contributed by atoms with E-state index in [4.69, 9.17) is 0 Å². The summed E-state index contributed by atoms with van der Waals surface area (Å²) < 4.78 is 27.7. The van der Waals surface area contributed by atoms with Crippen LogP contribution in [0.5, 0.6) is 0 Å². The van der Waals surface area contributed by atoms with Crippen LogP contribution in [0.3, 0.4) is 0 Å². The Morgan fingerprint density at radius 3 is 2.41 bits per heavy atom. The van der Waals surface area contributed by atoms with Crippen LogP contribution in [-0.2, 0) is 16.8 Å². The highest BCUT2D eigenvalue weighted by molar-refractivity contribution is 6.11. The molecular formula is C20H18F2N2O3. The molecule has 1 aliphatic rings. The number of nitrogens with one attached hydrogen (secondary N) is 1. The van der Waals surface area contributed by atoms with Gasteiger partial charge in [0.1, 0.15) is 17.2 Å². The van der Waals surface area contributed by atoms with Crippen molar-refractivity contribution in [3.8, 4) is 0 Å². The number of carbonyl (C=O) groups is 3. The summed E-state index contributed by atoms with van der Waals surface area (Å²) in [5, 5.41) is 2.37. The second-order valence-corrected chi connectivity index (χ2v) is 6.54. The number of amides is 3. The summed E-state index contributed by atoms with van der Waals surface area (Å²) in [6.07, 6.45) is 0.818. The van der Waals surface area contributed by atoms with Crippen molar-refractivity contribution in [2.45, 2.75) is 25.8 Å². The average molecular weight is 372 g/mol. The van der Waals surface area contributed by atoms with Gasteiger partial charge in [-0.3, -0.25) is 14.5 Å². The smallest absolute Gasteiger partial charge is 0.319 e. The number of rotatable bonds is 5. The van der Waals surface area contributed by atoms with Gasteiger partial charge in [0.05, 0.1) is 6.54 Å². The number of hydrogen-bond acceptors (Lipinski definition) is 3. The molecule has 1 saturated heterocycles. The zero-order valence-corrected chi connectivity index (χ0v) is 14.9. The van der Waals surface area contributed by atoms with Gasteiger partial charge in [0.25, 0.3) is 5.91 Å². The van der Waals surface area contributed by atoms with Gasteiger partial charge in [0, 0.05) is 11.1 Å². The van der Waals surface area contributed by atoms with Gasteiger partial charge in [-0.2, -0.15) is 0 Å². The minimum absolute atomic E-state index is 0.289. The first-order valence-electron chi connectivity index (χ1n) is 8.48. The van der Waals surface area contributed by atoms with Crippen molar-refractivity contribution in [1.82, 2.24) is 10.2 Å². The molecule has 0 unspecified atom stereocenters. The van der Waals surface area contributed by atoms with Crippen LogP contribution in [0.2, 0.25) is 0 Å². The standard InChI is InChI=1S/C20H18F2N2O3/c1-3-12-4-6-13(7-5-12)17(25)11-24-18(26)20(2,23-19(24)27)15-10-14(21)8-9-16(15)22/h4-10H,3,11H2,1-2H3,(H,23,27)/t20-/m1/s1. The Hall–Kier alpha value is -3.09. The largest absolute Gasteiger partial charge is 0.325 e. The molecule has 2 aromatic rings. The molecule has 1 heterocycles. The topological polar surface area (TPSA) is 66.5 Å². The summed E-state index contributed by atoms with van der Waals surface area (Å²) in [4.78, 5) is 38.2. The maximum Gasteiger partial charge on any atom is 0.325 e. The van der Waals surface area contributed by atoms with E-state index in [0.717, 1.165) is 35.1 Å². The summed E-state index contributed by atoms with van der Waals surface area (Å²) in [6.45, 7) is 2.78. The Balaban J connectivity index is 1.85. The SMILES string of the molecule is CCc1ccc(C(=O)CN2C(=O)N[C@](C)(c3cc(F)ccc3F)C2=O)cc1. The van der Waals surface area contributed by atoms with E-state index in [9.17, 15) is 23.2 Å². The highest BCUT2D eigenvalue weighted by atomic mass is 19.1. The summed E-state index contributed by atoms with van der Waals surface area (Å²) in [7, 11) is 0. The average Bonchev–Trinajstić information content (AvgIpc) is 2.87. The van der Waals surface area contributed by atoms with Crippen LogP contribution < -0.4 is 5.32 Å². The van der Waals surface area contributed by atoms with E-state index in [1.165, 1.54) is 6.92 Å². The molecule has 1 aliphatic heterocycles. The molecule has 5 nitrogen and oxygen atoms in total. The molecule has 140 valence electrons. The molecule has 0 bridgehead atoms. The maximum atomic E-state index is 14.1. The zero-order chi connectivity index (χ0) is 19.8. The Kier molecular flexibility index (Phi) is 4.78. The Morgan fingerprint density at radius 2 is 1.78 bits per heavy atom. The van der Waals surface area contributed by atoms with Gasteiger partial charge >= 0.3 is 6.03 Å². The number of urea groups is 1. The third kappa shape index (κ3) is 3.32. The first-order valence-corrected chi connectivity index (χ1v) is 8.48. The van der Waals surface area contributed by atoms with E-state index < -0.39 is 41.4 Å². The van der Waals surface area contributed by atoms with E-state index in [0.29, 0.717) is 5.56 Å². The fraction of sp³-hybridized carbons (Fsp3) is 0.250.